The molecule has 1 fully saturated rings. The molecule has 0 aromatic heterocycles. The SMILES string of the molecule is O=C1CCC(CNc2cc(Cl)c(F)cc2[N+](=O)[O-])N1. The molecule has 0 radical (unpaired) electrons. The van der Waals surface area contributed by atoms with E-state index in [2.05, 4.69) is 10.6 Å². The van der Waals surface area contributed by atoms with Crippen molar-refractivity contribution in [1.29, 1.82) is 0 Å². The van der Waals surface area contributed by atoms with Gasteiger partial charge < -0.3 is 10.6 Å². The van der Waals surface area contributed by atoms with E-state index in [0.717, 1.165) is 6.07 Å². The van der Waals surface area contributed by atoms with Crippen molar-refractivity contribution in [2.24, 2.45) is 0 Å². The zero-order valence-corrected chi connectivity index (χ0v) is 10.5. The molecule has 0 spiro atoms. The van der Waals surface area contributed by atoms with Gasteiger partial charge in [-0.3, -0.25) is 14.9 Å². The number of amides is 1. The zero-order valence-electron chi connectivity index (χ0n) is 9.78. The third-order valence-electron chi connectivity index (χ3n) is 2.86. The lowest BCUT2D eigenvalue weighted by Gasteiger charge is -2.13. The molecule has 102 valence electrons. The van der Waals surface area contributed by atoms with Crippen molar-refractivity contribution in [3.8, 4) is 0 Å². The molecule has 19 heavy (non-hydrogen) atoms. The lowest BCUT2D eigenvalue weighted by Crippen LogP contribution is -2.31. The highest BCUT2D eigenvalue weighted by Crippen LogP contribution is 2.30. The largest absolute Gasteiger partial charge is 0.377 e. The van der Waals surface area contributed by atoms with E-state index in [1.54, 1.807) is 0 Å². The number of benzene rings is 1. The van der Waals surface area contributed by atoms with E-state index in [0.29, 0.717) is 19.4 Å². The number of hydrogen-bond donors (Lipinski definition) is 2. The Hall–Kier alpha value is -1.89. The van der Waals surface area contributed by atoms with Crippen molar-refractivity contribution in [2.45, 2.75) is 18.9 Å². The zero-order chi connectivity index (χ0) is 14.0. The summed E-state index contributed by atoms with van der Waals surface area (Å²) in [5.74, 6) is -0.883. The highest BCUT2D eigenvalue weighted by atomic mass is 35.5. The predicted molar refractivity (Wildman–Crippen MR) is 67.7 cm³/mol. The molecule has 6 nitrogen and oxygen atoms in total. The van der Waals surface area contributed by atoms with Gasteiger partial charge in [-0.2, -0.15) is 0 Å². The van der Waals surface area contributed by atoms with Gasteiger partial charge in [0.05, 0.1) is 16.0 Å². The summed E-state index contributed by atoms with van der Waals surface area (Å²) >= 11 is 5.60. The number of halogens is 2. The second-order valence-corrected chi connectivity index (χ2v) is 4.63. The number of nitrogens with zero attached hydrogens (tertiary/aromatic N) is 1. The molecular weight excluding hydrogens is 277 g/mol. The Labute approximate surface area is 113 Å². The number of rotatable bonds is 4. The van der Waals surface area contributed by atoms with E-state index in [4.69, 9.17) is 11.6 Å². The number of carbonyl (C=O) groups is 1. The van der Waals surface area contributed by atoms with Crippen LogP contribution < -0.4 is 10.6 Å². The van der Waals surface area contributed by atoms with Crippen LogP contribution in [0.1, 0.15) is 12.8 Å². The van der Waals surface area contributed by atoms with Crippen molar-refractivity contribution < 1.29 is 14.1 Å². The molecule has 1 amide bonds. The summed E-state index contributed by atoms with van der Waals surface area (Å²) in [7, 11) is 0. The number of nitro groups is 1. The summed E-state index contributed by atoms with van der Waals surface area (Å²) in [6, 6.07) is 1.86. The van der Waals surface area contributed by atoms with E-state index in [1.807, 2.05) is 0 Å². The molecule has 0 bridgehead atoms. The molecule has 1 saturated heterocycles. The van der Waals surface area contributed by atoms with Crippen molar-refractivity contribution in [1.82, 2.24) is 5.32 Å². The van der Waals surface area contributed by atoms with E-state index >= 15 is 0 Å². The van der Waals surface area contributed by atoms with Crippen molar-refractivity contribution >= 4 is 28.9 Å². The first-order valence-electron chi connectivity index (χ1n) is 5.64. The topological polar surface area (TPSA) is 84.3 Å². The Morgan fingerprint density at radius 3 is 2.89 bits per heavy atom. The smallest absolute Gasteiger partial charge is 0.295 e. The second-order valence-electron chi connectivity index (χ2n) is 4.22. The summed E-state index contributed by atoms with van der Waals surface area (Å²) in [5.41, 5.74) is -0.247. The van der Waals surface area contributed by atoms with Crippen LogP contribution in [0.25, 0.3) is 0 Å². The second kappa shape index (κ2) is 5.40. The van der Waals surface area contributed by atoms with Crippen LogP contribution in [0.3, 0.4) is 0 Å². The van der Waals surface area contributed by atoms with Crippen LogP contribution in [0.5, 0.6) is 0 Å². The summed E-state index contributed by atoms with van der Waals surface area (Å²) in [5, 5.41) is 16.2. The van der Waals surface area contributed by atoms with Crippen molar-refractivity contribution in [3.05, 3.63) is 33.1 Å². The van der Waals surface area contributed by atoms with E-state index in [-0.39, 0.29) is 28.3 Å². The first-order chi connectivity index (χ1) is 8.97. The fourth-order valence-electron chi connectivity index (χ4n) is 1.89. The first-order valence-corrected chi connectivity index (χ1v) is 6.02. The van der Waals surface area contributed by atoms with Gasteiger partial charge >= 0.3 is 0 Å². The van der Waals surface area contributed by atoms with Gasteiger partial charge in [0.1, 0.15) is 11.5 Å². The van der Waals surface area contributed by atoms with E-state index in [9.17, 15) is 19.3 Å². The molecule has 0 saturated carbocycles. The summed E-state index contributed by atoms with van der Waals surface area (Å²) in [6.45, 7) is 0.328. The van der Waals surface area contributed by atoms with E-state index < -0.39 is 10.7 Å². The fraction of sp³-hybridized carbons (Fsp3) is 0.364. The number of hydrogen-bond acceptors (Lipinski definition) is 4. The van der Waals surface area contributed by atoms with E-state index in [1.165, 1.54) is 6.07 Å². The highest BCUT2D eigenvalue weighted by Gasteiger charge is 2.22. The first kappa shape index (κ1) is 13.5. The summed E-state index contributed by atoms with van der Waals surface area (Å²) < 4.78 is 13.2. The minimum atomic E-state index is -0.840. The van der Waals surface area contributed by atoms with Gasteiger partial charge in [-0.25, -0.2) is 4.39 Å². The Morgan fingerprint density at radius 1 is 1.58 bits per heavy atom. The molecule has 1 atom stereocenters. The van der Waals surface area contributed by atoms with Gasteiger partial charge in [0.25, 0.3) is 5.69 Å². The maximum Gasteiger partial charge on any atom is 0.295 e. The van der Waals surface area contributed by atoms with Crippen LogP contribution >= 0.6 is 11.6 Å². The lowest BCUT2D eigenvalue weighted by molar-refractivity contribution is -0.384. The maximum atomic E-state index is 13.2. The van der Waals surface area contributed by atoms with Gasteiger partial charge in [0.15, 0.2) is 0 Å². The van der Waals surface area contributed by atoms with Crippen molar-refractivity contribution in [2.75, 3.05) is 11.9 Å². The van der Waals surface area contributed by atoms with Crippen molar-refractivity contribution in [3.63, 3.8) is 0 Å². The molecule has 1 aromatic carbocycles. The number of carbonyl (C=O) groups excluding carboxylic acids is 1. The van der Waals surface area contributed by atoms with Gasteiger partial charge in [0, 0.05) is 19.0 Å². The normalized spacial score (nSPS) is 18.2. The predicted octanol–water partition coefficient (Wildman–Crippen LogP) is 2.08. The van der Waals surface area contributed by atoms with Gasteiger partial charge in [-0.05, 0) is 12.5 Å². The lowest BCUT2D eigenvalue weighted by atomic mass is 10.2. The molecule has 2 N–H and O–H groups in total. The Bertz CT molecular complexity index is 538. The Morgan fingerprint density at radius 2 is 2.32 bits per heavy atom. The third kappa shape index (κ3) is 3.11. The standard InChI is InChI=1S/C11H11ClFN3O3/c12-7-3-9(10(16(18)19)4-8(7)13)14-5-6-1-2-11(17)15-6/h3-4,6,14H,1-2,5H2,(H,15,17). The van der Waals surface area contributed by atoms with Crippen LogP contribution in [0.15, 0.2) is 12.1 Å². The van der Waals surface area contributed by atoms with Gasteiger partial charge in [0.2, 0.25) is 5.91 Å². The average molecular weight is 288 g/mol. The fourth-order valence-corrected chi connectivity index (χ4v) is 2.06. The summed E-state index contributed by atoms with van der Waals surface area (Å²) in [4.78, 5) is 21.2. The minimum Gasteiger partial charge on any atom is -0.377 e. The molecule has 0 aliphatic carbocycles. The average Bonchev–Trinajstić information content (AvgIpc) is 2.76. The van der Waals surface area contributed by atoms with Crippen LogP contribution in [-0.4, -0.2) is 23.4 Å². The highest BCUT2D eigenvalue weighted by molar-refractivity contribution is 6.31. The maximum absolute atomic E-state index is 13.2. The number of nitrogens with one attached hydrogen (secondary N) is 2. The van der Waals surface area contributed by atoms with Crippen LogP contribution in [0, 0.1) is 15.9 Å². The van der Waals surface area contributed by atoms with Gasteiger partial charge in [-0.1, -0.05) is 11.6 Å². The molecule has 1 heterocycles. The third-order valence-corrected chi connectivity index (χ3v) is 3.15. The monoisotopic (exact) mass is 287 g/mol. The molecule has 1 aliphatic rings. The summed E-state index contributed by atoms with van der Waals surface area (Å²) in [6.07, 6.45) is 1.10. The molecule has 1 aliphatic heterocycles. The quantitative estimate of drug-likeness (QED) is 0.656. The molecule has 2 rings (SSSR count). The Balaban J connectivity index is 2.12. The molecule has 1 aromatic rings. The Kier molecular flexibility index (Phi) is 3.84. The number of nitro benzene ring substituents is 1. The van der Waals surface area contributed by atoms with Crippen LogP contribution in [0.2, 0.25) is 5.02 Å². The molecule has 1 unspecified atom stereocenters. The molecular formula is C11H11ClFN3O3. The van der Waals surface area contributed by atoms with Gasteiger partial charge in [-0.15, -0.1) is 0 Å². The minimum absolute atomic E-state index is 0.0431. The van der Waals surface area contributed by atoms with Crippen LogP contribution in [-0.2, 0) is 4.79 Å². The van der Waals surface area contributed by atoms with Crippen LogP contribution in [0.4, 0.5) is 15.8 Å². The number of anilines is 1. The molecule has 8 heteroatoms.